The molecule has 2 heteroatoms. The maximum absolute atomic E-state index is 2.39. The summed E-state index contributed by atoms with van der Waals surface area (Å²) in [5.74, 6) is 0. The highest BCUT2D eigenvalue weighted by Crippen LogP contribution is 2.45. The van der Waals surface area contributed by atoms with E-state index in [-0.39, 0.29) is 0 Å². The fourth-order valence-corrected chi connectivity index (χ4v) is 7.20. The Morgan fingerprint density at radius 3 is 1.67 bits per heavy atom. The van der Waals surface area contributed by atoms with E-state index < -0.39 is 0 Å². The SMILES string of the molecule is c1ccc(-c2cc3ccccc3cc2-c2ccc(N(c3ccccc3)c3cccc4sc5ccccc5c34)cc2)cc1. The first kappa shape index (κ1) is 24.6. The van der Waals surface area contributed by atoms with E-state index in [1.165, 1.54) is 58.9 Å². The van der Waals surface area contributed by atoms with Gasteiger partial charge in [-0.15, -0.1) is 11.3 Å². The molecule has 0 aliphatic carbocycles. The average molecular weight is 554 g/mol. The van der Waals surface area contributed by atoms with Crippen molar-refractivity contribution in [1.82, 2.24) is 0 Å². The minimum absolute atomic E-state index is 1.13. The van der Waals surface area contributed by atoms with E-state index in [1.54, 1.807) is 0 Å². The van der Waals surface area contributed by atoms with Crippen LogP contribution in [0.15, 0.2) is 164 Å². The summed E-state index contributed by atoms with van der Waals surface area (Å²) in [6, 6.07) is 59.1. The van der Waals surface area contributed by atoms with Gasteiger partial charge in [-0.2, -0.15) is 0 Å². The second-order valence-electron chi connectivity index (χ2n) is 10.6. The van der Waals surface area contributed by atoms with Gasteiger partial charge < -0.3 is 4.90 Å². The molecule has 0 atom stereocenters. The summed E-state index contributed by atoms with van der Waals surface area (Å²) in [5, 5.41) is 5.10. The summed E-state index contributed by atoms with van der Waals surface area (Å²) in [6.45, 7) is 0. The predicted octanol–water partition coefficient (Wildman–Crippen LogP) is 12.0. The lowest BCUT2D eigenvalue weighted by Crippen LogP contribution is -2.10. The molecule has 1 heterocycles. The molecule has 0 aliphatic heterocycles. The minimum Gasteiger partial charge on any atom is -0.310 e. The highest BCUT2D eigenvalue weighted by molar-refractivity contribution is 7.26. The standard InChI is InChI=1S/C40H27NS/c1-3-12-28(13-4-1)35-26-30-14-7-8-15-31(30)27-36(35)29-22-24-33(25-23-29)41(32-16-5-2-6-17-32)37-19-11-21-39-40(37)34-18-9-10-20-38(34)42-39/h1-27H. The maximum atomic E-state index is 2.39. The van der Waals surface area contributed by atoms with Crippen LogP contribution < -0.4 is 4.90 Å². The summed E-state index contributed by atoms with van der Waals surface area (Å²) in [5.41, 5.74) is 8.39. The molecule has 0 aliphatic rings. The number of hydrogen-bond donors (Lipinski definition) is 0. The Labute approximate surface area is 249 Å². The molecule has 0 N–H and O–H groups in total. The van der Waals surface area contributed by atoms with Crippen molar-refractivity contribution in [1.29, 1.82) is 0 Å². The monoisotopic (exact) mass is 553 g/mol. The molecule has 1 aromatic heterocycles. The van der Waals surface area contributed by atoms with Crippen LogP contribution in [0.5, 0.6) is 0 Å². The van der Waals surface area contributed by atoms with Crippen LogP contribution >= 0.6 is 11.3 Å². The van der Waals surface area contributed by atoms with Gasteiger partial charge in [-0.05, 0) is 87.6 Å². The molecule has 7 aromatic carbocycles. The first-order chi connectivity index (χ1) is 20.8. The van der Waals surface area contributed by atoms with Crippen molar-refractivity contribution in [3.8, 4) is 22.3 Å². The molecule has 0 saturated carbocycles. The smallest absolute Gasteiger partial charge is 0.0554 e. The Morgan fingerprint density at radius 1 is 0.405 bits per heavy atom. The third-order valence-electron chi connectivity index (χ3n) is 8.04. The number of benzene rings is 7. The predicted molar refractivity (Wildman–Crippen MR) is 182 cm³/mol. The van der Waals surface area contributed by atoms with E-state index >= 15 is 0 Å². The highest BCUT2D eigenvalue weighted by Gasteiger charge is 2.18. The molecule has 0 amide bonds. The zero-order valence-corrected chi connectivity index (χ0v) is 23.8. The molecule has 1 nitrogen and oxygen atoms in total. The lowest BCUT2D eigenvalue weighted by Gasteiger charge is -2.26. The van der Waals surface area contributed by atoms with Crippen molar-refractivity contribution in [2.45, 2.75) is 0 Å². The van der Waals surface area contributed by atoms with Crippen LogP contribution in [0.3, 0.4) is 0 Å². The van der Waals surface area contributed by atoms with Crippen LogP contribution in [0.25, 0.3) is 53.2 Å². The number of para-hydroxylation sites is 1. The molecule has 0 bridgehead atoms. The van der Waals surface area contributed by atoms with Gasteiger partial charge in [0.1, 0.15) is 0 Å². The molecular formula is C40H27NS. The van der Waals surface area contributed by atoms with Crippen LogP contribution in [0, 0.1) is 0 Å². The van der Waals surface area contributed by atoms with E-state index in [4.69, 9.17) is 0 Å². The van der Waals surface area contributed by atoms with Gasteiger partial charge in [-0.3, -0.25) is 0 Å². The molecule has 8 rings (SSSR count). The highest BCUT2D eigenvalue weighted by atomic mass is 32.1. The molecular weight excluding hydrogens is 527 g/mol. The van der Waals surface area contributed by atoms with Crippen LogP contribution in [0.1, 0.15) is 0 Å². The van der Waals surface area contributed by atoms with Crippen molar-refractivity contribution in [2.24, 2.45) is 0 Å². The second kappa shape index (κ2) is 10.3. The van der Waals surface area contributed by atoms with Crippen molar-refractivity contribution in [3.05, 3.63) is 164 Å². The summed E-state index contributed by atoms with van der Waals surface area (Å²) in [7, 11) is 0. The van der Waals surface area contributed by atoms with Gasteiger partial charge >= 0.3 is 0 Å². The van der Waals surface area contributed by atoms with Gasteiger partial charge in [0.25, 0.3) is 0 Å². The summed E-state index contributed by atoms with van der Waals surface area (Å²) in [4.78, 5) is 2.39. The van der Waals surface area contributed by atoms with E-state index in [9.17, 15) is 0 Å². The van der Waals surface area contributed by atoms with Crippen LogP contribution in [-0.2, 0) is 0 Å². The van der Waals surface area contributed by atoms with E-state index in [0.29, 0.717) is 0 Å². The molecule has 0 fully saturated rings. The topological polar surface area (TPSA) is 3.24 Å². The van der Waals surface area contributed by atoms with E-state index in [1.807, 2.05) is 11.3 Å². The first-order valence-corrected chi connectivity index (χ1v) is 15.1. The Kier molecular flexibility index (Phi) is 6.05. The minimum atomic E-state index is 1.13. The molecule has 0 saturated heterocycles. The number of hydrogen-bond acceptors (Lipinski definition) is 2. The molecule has 0 unspecified atom stereocenters. The third kappa shape index (κ3) is 4.25. The second-order valence-corrected chi connectivity index (χ2v) is 11.7. The Morgan fingerprint density at radius 2 is 0.952 bits per heavy atom. The van der Waals surface area contributed by atoms with Crippen molar-refractivity contribution < 1.29 is 0 Å². The average Bonchev–Trinajstić information content (AvgIpc) is 3.45. The van der Waals surface area contributed by atoms with Crippen molar-refractivity contribution in [2.75, 3.05) is 4.90 Å². The van der Waals surface area contributed by atoms with Crippen LogP contribution in [-0.4, -0.2) is 0 Å². The Balaban J connectivity index is 1.30. The van der Waals surface area contributed by atoms with Gasteiger partial charge in [-0.25, -0.2) is 0 Å². The lowest BCUT2D eigenvalue weighted by molar-refractivity contribution is 1.30. The van der Waals surface area contributed by atoms with Crippen molar-refractivity contribution in [3.63, 3.8) is 0 Å². The van der Waals surface area contributed by atoms with E-state index in [0.717, 1.165) is 11.4 Å². The first-order valence-electron chi connectivity index (χ1n) is 14.3. The van der Waals surface area contributed by atoms with E-state index in [2.05, 4.69) is 169 Å². The number of thiophene rings is 1. The molecule has 8 aromatic rings. The summed E-state index contributed by atoms with van der Waals surface area (Å²) < 4.78 is 2.61. The summed E-state index contributed by atoms with van der Waals surface area (Å²) in [6.07, 6.45) is 0. The Bertz CT molecular complexity index is 2180. The van der Waals surface area contributed by atoms with Gasteiger partial charge in [0.05, 0.1) is 5.69 Å². The largest absolute Gasteiger partial charge is 0.310 e. The van der Waals surface area contributed by atoms with Gasteiger partial charge in [0, 0.05) is 31.5 Å². The fraction of sp³-hybridized carbons (Fsp3) is 0. The number of fused-ring (bicyclic) bond motifs is 4. The quantitative estimate of drug-likeness (QED) is 0.205. The maximum Gasteiger partial charge on any atom is 0.0554 e. The van der Waals surface area contributed by atoms with Crippen LogP contribution in [0.2, 0.25) is 0 Å². The molecule has 42 heavy (non-hydrogen) atoms. The zero-order valence-electron chi connectivity index (χ0n) is 22.9. The molecule has 0 spiro atoms. The van der Waals surface area contributed by atoms with Crippen molar-refractivity contribution >= 4 is 59.3 Å². The van der Waals surface area contributed by atoms with Gasteiger partial charge in [0.15, 0.2) is 0 Å². The molecule has 0 radical (unpaired) electrons. The zero-order chi connectivity index (χ0) is 27.9. The molecule has 198 valence electrons. The lowest BCUT2D eigenvalue weighted by atomic mass is 9.91. The Hall–Kier alpha value is -5.18. The number of nitrogens with zero attached hydrogens (tertiary/aromatic N) is 1. The number of rotatable bonds is 5. The number of anilines is 3. The third-order valence-corrected chi connectivity index (χ3v) is 9.18. The normalized spacial score (nSPS) is 11.3. The fourth-order valence-electron chi connectivity index (χ4n) is 6.07. The van der Waals surface area contributed by atoms with Crippen LogP contribution in [0.4, 0.5) is 17.1 Å². The van der Waals surface area contributed by atoms with Gasteiger partial charge in [0.2, 0.25) is 0 Å². The summed E-state index contributed by atoms with van der Waals surface area (Å²) >= 11 is 1.86. The van der Waals surface area contributed by atoms with Gasteiger partial charge in [-0.1, -0.05) is 109 Å².